The highest BCUT2D eigenvalue weighted by Gasteiger charge is 2.05. The Bertz CT molecular complexity index is 512. The summed E-state index contributed by atoms with van der Waals surface area (Å²) in [6.45, 7) is 0.368. The first-order chi connectivity index (χ1) is 6.72. The van der Waals surface area contributed by atoms with Gasteiger partial charge in [-0.3, -0.25) is 14.6 Å². The molecule has 2 aromatic rings. The molecule has 0 aliphatic carbocycles. The third-order valence-corrected chi connectivity index (χ3v) is 2.12. The zero-order valence-electron chi connectivity index (χ0n) is 7.53. The van der Waals surface area contributed by atoms with Crippen molar-refractivity contribution in [3.63, 3.8) is 0 Å². The van der Waals surface area contributed by atoms with E-state index in [0.29, 0.717) is 17.6 Å². The molecule has 2 rings (SSSR count). The van der Waals surface area contributed by atoms with Crippen molar-refractivity contribution in [2.75, 3.05) is 12.3 Å². The van der Waals surface area contributed by atoms with Crippen molar-refractivity contribution < 1.29 is 5.11 Å². The number of aromatic amines is 1. The van der Waals surface area contributed by atoms with Gasteiger partial charge in [0.15, 0.2) is 0 Å². The molecular formula is C9H11N3O2. The summed E-state index contributed by atoms with van der Waals surface area (Å²) in [7, 11) is 0. The Morgan fingerprint density at radius 1 is 1.50 bits per heavy atom. The van der Waals surface area contributed by atoms with Crippen molar-refractivity contribution in [1.29, 1.82) is 0 Å². The average Bonchev–Trinajstić information content (AvgIpc) is 2.44. The lowest BCUT2D eigenvalue weighted by Crippen LogP contribution is -2.07. The van der Waals surface area contributed by atoms with E-state index in [1.54, 1.807) is 22.9 Å². The lowest BCUT2D eigenvalue weighted by Gasteiger charge is -2.00. The van der Waals surface area contributed by atoms with Crippen molar-refractivity contribution in [3.05, 3.63) is 28.6 Å². The van der Waals surface area contributed by atoms with Crippen LogP contribution in [0, 0.1) is 0 Å². The number of aromatic nitrogens is 2. The van der Waals surface area contributed by atoms with Gasteiger partial charge < -0.3 is 10.8 Å². The molecule has 0 amide bonds. The number of nitrogens with one attached hydrogen (secondary N) is 1. The zero-order valence-corrected chi connectivity index (χ0v) is 7.53. The molecule has 0 saturated carbocycles. The van der Waals surface area contributed by atoms with E-state index >= 15 is 0 Å². The lowest BCUT2D eigenvalue weighted by atomic mass is 10.2. The van der Waals surface area contributed by atoms with Gasteiger partial charge in [-0.05, 0) is 18.2 Å². The van der Waals surface area contributed by atoms with E-state index in [1.165, 1.54) is 0 Å². The SMILES string of the molecule is Nc1ccc2c(c1)c(=O)[nH]n2CCO. The molecule has 0 spiro atoms. The predicted molar refractivity (Wildman–Crippen MR) is 54.1 cm³/mol. The van der Waals surface area contributed by atoms with Gasteiger partial charge in [0.05, 0.1) is 24.1 Å². The molecule has 0 atom stereocenters. The van der Waals surface area contributed by atoms with Crippen LogP contribution in [-0.4, -0.2) is 21.5 Å². The number of nitrogens with two attached hydrogens (primary N) is 1. The molecule has 5 heteroatoms. The number of hydrogen-bond acceptors (Lipinski definition) is 3. The standard InChI is InChI=1S/C9H11N3O2/c10-6-1-2-8-7(5-6)9(14)11-12(8)3-4-13/h1-2,5,13H,3-4,10H2,(H,11,14). The molecule has 0 unspecified atom stereocenters. The molecule has 0 bridgehead atoms. The van der Waals surface area contributed by atoms with Gasteiger partial charge in [0.1, 0.15) is 0 Å². The largest absolute Gasteiger partial charge is 0.399 e. The minimum atomic E-state index is -0.180. The molecule has 1 aromatic carbocycles. The number of nitrogen functional groups attached to an aromatic ring is 1. The summed E-state index contributed by atoms with van der Waals surface area (Å²) in [5, 5.41) is 12.0. The smallest absolute Gasteiger partial charge is 0.272 e. The quantitative estimate of drug-likeness (QED) is 0.582. The molecule has 1 heterocycles. The minimum Gasteiger partial charge on any atom is -0.399 e. The van der Waals surface area contributed by atoms with Crippen molar-refractivity contribution in [3.8, 4) is 0 Å². The third-order valence-electron chi connectivity index (χ3n) is 2.12. The molecule has 4 N–H and O–H groups in total. The Hall–Kier alpha value is -1.75. The van der Waals surface area contributed by atoms with Crippen molar-refractivity contribution in [2.24, 2.45) is 0 Å². The summed E-state index contributed by atoms with van der Waals surface area (Å²) in [6.07, 6.45) is 0. The summed E-state index contributed by atoms with van der Waals surface area (Å²) in [5.41, 5.74) is 6.71. The van der Waals surface area contributed by atoms with Crippen LogP contribution in [-0.2, 0) is 6.54 Å². The first kappa shape index (κ1) is 8.83. The minimum absolute atomic E-state index is 0.00982. The molecule has 0 aliphatic heterocycles. The maximum atomic E-state index is 11.4. The molecule has 0 saturated heterocycles. The Morgan fingerprint density at radius 3 is 3.00 bits per heavy atom. The Kier molecular flexibility index (Phi) is 2.01. The third kappa shape index (κ3) is 1.27. The average molecular weight is 193 g/mol. The van der Waals surface area contributed by atoms with Crippen LogP contribution < -0.4 is 11.3 Å². The summed E-state index contributed by atoms with van der Waals surface area (Å²) < 4.78 is 1.61. The molecule has 1 aromatic heterocycles. The number of nitrogens with zero attached hydrogens (tertiary/aromatic N) is 1. The molecule has 14 heavy (non-hydrogen) atoms. The highest BCUT2D eigenvalue weighted by molar-refractivity contribution is 5.81. The van der Waals surface area contributed by atoms with Crippen molar-refractivity contribution in [1.82, 2.24) is 9.78 Å². The second-order valence-corrected chi connectivity index (χ2v) is 3.09. The zero-order chi connectivity index (χ0) is 10.1. The van der Waals surface area contributed by atoms with Crippen molar-refractivity contribution >= 4 is 16.6 Å². The Labute approximate surface area is 79.7 Å². The second kappa shape index (κ2) is 3.19. The number of aliphatic hydroxyl groups is 1. The van der Waals surface area contributed by atoms with Crippen LogP contribution in [0.4, 0.5) is 5.69 Å². The number of fused-ring (bicyclic) bond motifs is 1. The fourth-order valence-electron chi connectivity index (χ4n) is 1.49. The maximum absolute atomic E-state index is 11.4. The number of benzene rings is 1. The van der Waals surface area contributed by atoms with Gasteiger partial charge in [-0.15, -0.1) is 0 Å². The molecule has 74 valence electrons. The maximum Gasteiger partial charge on any atom is 0.272 e. The van der Waals surface area contributed by atoms with Crippen LogP contribution in [0.1, 0.15) is 0 Å². The topological polar surface area (TPSA) is 84.0 Å². The van der Waals surface area contributed by atoms with Crippen LogP contribution in [0.2, 0.25) is 0 Å². The van der Waals surface area contributed by atoms with Crippen LogP contribution in [0.25, 0.3) is 10.9 Å². The Morgan fingerprint density at radius 2 is 2.29 bits per heavy atom. The lowest BCUT2D eigenvalue weighted by molar-refractivity contribution is 0.271. The van der Waals surface area contributed by atoms with Crippen LogP contribution in [0.15, 0.2) is 23.0 Å². The van der Waals surface area contributed by atoms with Gasteiger partial charge in [0.2, 0.25) is 0 Å². The fraction of sp³-hybridized carbons (Fsp3) is 0.222. The van der Waals surface area contributed by atoms with E-state index in [-0.39, 0.29) is 12.2 Å². The fourth-order valence-corrected chi connectivity index (χ4v) is 1.49. The molecule has 0 aliphatic rings. The van der Waals surface area contributed by atoms with Gasteiger partial charge >= 0.3 is 0 Å². The van der Waals surface area contributed by atoms with E-state index in [1.807, 2.05) is 0 Å². The molecule has 5 nitrogen and oxygen atoms in total. The van der Waals surface area contributed by atoms with Crippen LogP contribution in [0.5, 0.6) is 0 Å². The second-order valence-electron chi connectivity index (χ2n) is 3.09. The van der Waals surface area contributed by atoms with Gasteiger partial charge in [0, 0.05) is 5.69 Å². The monoisotopic (exact) mass is 193 g/mol. The first-order valence-corrected chi connectivity index (χ1v) is 4.31. The Balaban J connectivity index is 2.71. The highest BCUT2D eigenvalue weighted by Crippen LogP contribution is 2.13. The van der Waals surface area contributed by atoms with E-state index in [4.69, 9.17) is 10.8 Å². The molecule has 0 fully saturated rings. The molecular weight excluding hydrogens is 182 g/mol. The number of hydrogen-bond donors (Lipinski definition) is 3. The van der Waals surface area contributed by atoms with Gasteiger partial charge in [-0.1, -0.05) is 0 Å². The van der Waals surface area contributed by atoms with Crippen LogP contribution >= 0.6 is 0 Å². The summed E-state index contributed by atoms with van der Waals surface area (Å²) in [5.74, 6) is 0. The van der Waals surface area contributed by atoms with Gasteiger partial charge in [-0.2, -0.15) is 0 Å². The van der Waals surface area contributed by atoms with Crippen molar-refractivity contribution in [2.45, 2.75) is 6.54 Å². The van der Waals surface area contributed by atoms with E-state index < -0.39 is 0 Å². The predicted octanol–water partition coefficient (Wildman–Crippen LogP) is -0.0959. The van der Waals surface area contributed by atoms with Gasteiger partial charge in [-0.25, -0.2) is 0 Å². The van der Waals surface area contributed by atoms with E-state index in [9.17, 15) is 4.79 Å². The molecule has 0 radical (unpaired) electrons. The summed E-state index contributed by atoms with van der Waals surface area (Å²) in [6, 6.07) is 5.11. The van der Waals surface area contributed by atoms with E-state index in [0.717, 1.165) is 5.52 Å². The van der Waals surface area contributed by atoms with E-state index in [2.05, 4.69) is 5.10 Å². The summed E-state index contributed by atoms with van der Waals surface area (Å²) in [4.78, 5) is 11.4. The van der Waals surface area contributed by atoms with Crippen LogP contribution in [0.3, 0.4) is 0 Å². The number of H-pyrrole nitrogens is 1. The normalized spacial score (nSPS) is 10.9. The number of aliphatic hydroxyl groups excluding tert-OH is 1. The summed E-state index contributed by atoms with van der Waals surface area (Å²) >= 11 is 0. The first-order valence-electron chi connectivity index (χ1n) is 4.31. The number of anilines is 1. The van der Waals surface area contributed by atoms with Gasteiger partial charge in [0.25, 0.3) is 5.56 Å². The highest BCUT2D eigenvalue weighted by atomic mass is 16.3. The number of rotatable bonds is 2.